The molecule has 4 heteroatoms. The van der Waals surface area contributed by atoms with Gasteiger partial charge in [-0.2, -0.15) is 0 Å². The fraction of sp³-hybridized carbons (Fsp3) is 0.571. The molecule has 0 amide bonds. The van der Waals surface area contributed by atoms with E-state index in [-0.39, 0.29) is 0 Å². The van der Waals surface area contributed by atoms with Crippen LogP contribution in [0.15, 0.2) is 18.2 Å². The van der Waals surface area contributed by atoms with E-state index in [1.54, 1.807) is 12.1 Å². The van der Waals surface area contributed by atoms with Crippen LogP contribution in [-0.2, 0) is 6.54 Å². The SMILES string of the molecule is Fc1cccc(CN2CCC[C@H]3CNC[C@H]32)c1F. The molecule has 0 aromatic heterocycles. The van der Waals surface area contributed by atoms with Crippen LogP contribution in [0.3, 0.4) is 0 Å². The van der Waals surface area contributed by atoms with E-state index in [0.29, 0.717) is 24.1 Å². The molecule has 1 N–H and O–H groups in total. The summed E-state index contributed by atoms with van der Waals surface area (Å²) in [6.45, 7) is 3.54. The highest BCUT2D eigenvalue weighted by atomic mass is 19.2. The Kier molecular flexibility index (Phi) is 3.31. The summed E-state index contributed by atoms with van der Waals surface area (Å²) >= 11 is 0. The lowest BCUT2D eigenvalue weighted by Crippen LogP contribution is -2.44. The second kappa shape index (κ2) is 4.94. The number of piperidine rings is 1. The molecular weight excluding hydrogens is 234 g/mol. The van der Waals surface area contributed by atoms with Gasteiger partial charge < -0.3 is 5.32 Å². The minimum absolute atomic E-state index is 0.475. The van der Waals surface area contributed by atoms with E-state index in [1.165, 1.54) is 12.5 Å². The first-order chi connectivity index (χ1) is 8.75. The largest absolute Gasteiger partial charge is 0.315 e. The summed E-state index contributed by atoms with van der Waals surface area (Å²) in [6, 6.07) is 4.93. The molecule has 2 saturated heterocycles. The molecule has 0 spiro atoms. The quantitative estimate of drug-likeness (QED) is 0.867. The van der Waals surface area contributed by atoms with Crippen molar-refractivity contribution >= 4 is 0 Å². The molecule has 1 aromatic rings. The predicted octanol–water partition coefficient (Wildman–Crippen LogP) is 2.15. The molecule has 2 heterocycles. The average molecular weight is 252 g/mol. The van der Waals surface area contributed by atoms with Crippen LogP contribution in [0.1, 0.15) is 18.4 Å². The third kappa shape index (κ3) is 2.15. The van der Waals surface area contributed by atoms with Crippen molar-refractivity contribution < 1.29 is 8.78 Å². The molecule has 0 radical (unpaired) electrons. The summed E-state index contributed by atoms with van der Waals surface area (Å²) in [5, 5.41) is 3.40. The molecule has 1 aromatic carbocycles. The maximum Gasteiger partial charge on any atom is 0.163 e. The summed E-state index contributed by atoms with van der Waals surface area (Å²) in [7, 11) is 0. The first-order valence-electron chi connectivity index (χ1n) is 6.63. The zero-order valence-corrected chi connectivity index (χ0v) is 10.3. The van der Waals surface area contributed by atoms with Gasteiger partial charge in [0.1, 0.15) is 0 Å². The van der Waals surface area contributed by atoms with Crippen molar-refractivity contribution in [1.82, 2.24) is 10.2 Å². The van der Waals surface area contributed by atoms with Crippen LogP contribution in [0.25, 0.3) is 0 Å². The van der Waals surface area contributed by atoms with Gasteiger partial charge in [0, 0.05) is 24.7 Å². The molecule has 98 valence electrons. The van der Waals surface area contributed by atoms with E-state index >= 15 is 0 Å². The Morgan fingerprint density at radius 2 is 2.17 bits per heavy atom. The molecule has 3 rings (SSSR count). The van der Waals surface area contributed by atoms with E-state index < -0.39 is 11.6 Å². The van der Waals surface area contributed by atoms with Crippen molar-refractivity contribution in [2.24, 2.45) is 5.92 Å². The standard InChI is InChI=1S/C14H18F2N2/c15-12-5-1-3-11(14(12)16)9-18-6-2-4-10-7-17-8-13(10)18/h1,3,5,10,13,17H,2,4,6-9H2/t10-,13+/m0/s1. The van der Waals surface area contributed by atoms with Crippen LogP contribution in [0.2, 0.25) is 0 Å². The summed E-state index contributed by atoms with van der Waals surface area (Å²) in [6.07, 6.45) is 2.40. The first kappa shape index (κ1) is 12.1. The molecule has 2 aliphatic rings. The van der Waals surface area contributed by atoms with E-state index in [0.717, 1.165) is 26.1 Å². The van der Waals surface area contributed by atoms with Gasteiger partial charge in [0.15, 0.2) is 11.6 Å². The highest BCUT2D eigenvalue weighted by Crippen LogP contribution is 2.28. The van der Waals surface area contributed by atoms with Crippen molar-refractivity contribution in [2.45, 2.75) is 25.4 Å². The zero-order valence-electron chi connectivity index (χ0n) is 10.3. The first-order valence-corrected chi connectivity index (χ1v) is 6.63. The van der Waals surface area contributed by atoms with Crippen LogP contribution < -0.4 is 5.32 Å². The lowest BCUT2D eigenvalue weighted by Gasteiger charge is -2.37. The molecule has 0 bridgehead atoms. The number of rotatable bonds is 2. The Bertz CT molecular complexity index is 436. The van der Waals surface area contributed by atoms with Crippen molar-refractivity contribution in [3.63, 3.8) is 0 Å². The van der Waals surface area contributed by atoms with Gasteiger partial charge in [0.2, 0.25) is 0 Å². The third-order valence-electron chi connectivity index (χ3n) is 4.20. The van der Waals surface area contributed by atoms with Gasteiger partial charge in [-0.3, -0.25) is 4.90 Å². The number of hydrogen-bond donors (Lipinski definition) is 1. The highest BCUT2D eigenvalue weighted by molar-refractivity contribution is 5.19. The van der Waals surface area contributed by atoms with Gasteiger partial charge in [0.05, 0.1) is 0 Å². The highest BCUT2D eigenvalue weighted by Gasteiger charge is 2.35. The predicted molar refractivity (Wildman–Crippen MR) is 66.1 cm³/mol. The van der Waals surface area contributed by atoms with Crippen LogP contribution in [-0.4, -0.2) is 30.6 Å². The number of nitrogens with one attached hydrogen (secondary N) is 1. The summed E-state index contributed by atoms with van der Waals surface area (Å²) in [5.74, 6) is -0.758. The second-order valence-corrected chi connectivity index (χ2v) is 5.31. The molecule has 2 fully saturated rings. The number of halogens is 2. The van der Waals surface area contributed by atoms with Gasteiger partial charge in [-0.15, -0.1) is 0 Å². The molecule has 2 aliphatic heterocycles. The minimum atomic E-state index is -0.745. The van der Waals surface area contributed by atoms with Crippen molar-refractivity contribution in [2.75, 3.05) is 19.6 Å². The van der Waals surface area contributed by atoms with E-state index in [2.05, 4.69) is 10.2 Å². The number of nitrogens with zero attached hydrogens (tertiary/aromatic N) is 1. The number of fused-ring (bicyclic) bond motifs is 1. The van der Waals surface area contributed by atoms with Gasteiger partial charge in [-0.1, -0.05) is 12.1 Å². The fourth-order valence-corrected chi connectivity index (χ4v) is 3.25. The molecule has 0 aliphatic carbocycles. The van der Waals surface area contributed by atoms with E-state index in [1.807, 2.05) is 0 Å². The molecule has 2 nitrogen and oxygen atoms in total. The molecule has 0 saturated carbocycles. The van der Waals surface area contributed by atoms with Crippen molar-refractivity contribution in [3.05, 3.63) is 35.4 Å². The summed E-state index contributed by atoms with van der Waals surface area (Å²) < 4.78 is 26.9. The zero-order chi connectivity index (χ0) is 12.5. The smallest absolute Gasteiger partial charge is 0.163 e. The van der Waals surface area contributed by atoms with Gasteiger partial charge >= 0.3 is 0 Å². The summed E-state index contributed by atoms with van der Waals surface area (Å²) in [5.41, 5.74) is 0.475. The number of likely N-dealkylation sites (tertiary alicyclic amines) is 1. The topological polar surface area (TPSA) is 15.3 Å². The van der Waals surface area contributed by atoms with Crippen molar-refractivity contribution in [3.8, 4) is 0 Å². The number of hydrogen-bond acceptors (Lipinski definition) is 2. The number of benzene rings is 1. The molecule has 2 atom stereocenters. The van der Waals surface area contributed by atoms with Crippen molar-refractivity contribution in [1.29, 1.82) is 0 Å². The van der Waals surface area contributed by atoms with Crippen LogP contribution in [0.4, 0.5) is 8.78 Å². The molecular formula is C14H18F2N2. The monoisotopic (exact) mass is 252 g/mol. The maximum absolute atomic E-state index is 13.7. The van der Waals surface area contributed by atoms with Crippen LogP contribution >= 0.6 is 0 Å². The minimum Gasteiger partial charge on any atom is -0.315 e. The van der Waals surface area contributed by atoms with E-state index in [4.69, 9.17) is 0 Å². The normalized spacial score (nSPS) is 28.3. The Morgan fingerprint density at radius 3 is 3.06 bits per heavy atom. The fourth-order valence-electron chi connectivity index (χ4n) is 3.25. The third-order valence-corrected chi connectivity index (χ3v) is 4.20. The Morgan fingerprint density at radius 1 is 1.28 bits per heavy atom. The van der Waals surface area contributed by atoms with E-state index in [9.17, 15) is 8.78 Å². The van der Waals surface area contributed by atoms with Crippen LogP contribution in [0, 0.1) is 17.6 Å². The van der Waals surface area contributed by atoms with Gasteiger partial charge in [-0.25, -0.2) is 8.78 Å². The Labute approximate surface area is 106 Å². The molecule has 0 unspecified atom stereocenters. The Balaban J connectivity index is 1.77. The van der Waals surface area contributed by atoms with Crippen LogP contribution in [0.5, 0.6) is 0 Å². The lowest BCUT2D eigenvalue weighted by molar-refractivity contribution is 0.116. The van der Waals surface area contributed by atoms with Gasteiger partial charge in [0.25, 0.3) is 0 Å². The Hall–Kier alpha value is -1.00. The molecule has 18 heavy (non-hydrogen) atoms. The lowest BCUT2D eigenvalue weighted by atomic mass is 9.91. The maximum atomic E-state index is 13.7. The van der Waals surface area contributed by atoms with Gasteiger partial charge in [-0.05, 0) is 37.9 Å². The second-order valence-electron chi connectivity index (χ2n) is 5.31. The average Bonchev–Trinajstić information content (AvgIpc) is 2.84. The summed E-state index contributed by atoms with van der Waals surface area (Å²) in [4.78, 5) is 2.30.